The number of allylic oxidation sites excluding steroid dienone is 4. The summed E-state index contributed by atoms with van der Waals surface area (Å²) in [6.45, 7) is 11.6. The number of anilines is 1. The highest BCUT2D eigenvalue weighted by molar-refractivity contribution is 6.31. The minimum Gasteiger partial charge on any atom is -0.465 e. The van der Waals surface area contributed by atoms with Crippen LogP contribution in [0.4, 0.5) is 10.1 Å². The first-order chi connectivity index (χ1) is 15.9. The number of nitrogens with one attached hydrogen (secondary N) is 2. The van der Waals surface area contributed by atoms with Crippen LogP contribution in [0.15, 0.2) is 53.6 Å². The maximum Gasteiger partial charge on any atom is 0.323 e. The third kappa shape index (κ3) is 4.95. The number of hydrogen-bond donors (Lipinski definition) is 2. The highest BCUT2D eigenvalue weighted by atomic mass is 35.5. The van der Waals surface area contributed by atoms with E-state index in [1.54, 1.807) is 31.2 Å². The molecule has 0 aliphatic carbocycles. The van der Waals surface area contributed by atoms with Gasteiger partial charge < -0.3 is 10.1 Å². The van der Waals surface area contributed by atoms with Crippen LogP contribution >= 0.6 is 23.2 Å². The van der Waals surface area contributed by atoms with Gasteiger partial charge in [0.1, 0.15) is 18.1 Å². The van der Waals surface area contributed by atoms with Gasteiger partial charge in [-0.15, -0.1) is 0 Å². The van der Waals surface area contributed by atoms with Crippen molar-refractivity contribution in [3.8, 4) is 0 Å². The predicted octanol–water partition coefficient (Wildman–Crippen LogP) is 5.69. The third-order valence-corrected chi connectivity index (χ3v) is 6.74. The Morgan fingerprint density at radius 1 is 1.35 bits per heavy atom. The van der Waals surface area contributed by atoms with Crippen LogP contribution < -0.4 is 10.6 Å². The summed E-state index contributed by atoms with van der Waals surface area (Å²) in [7, 11) is 0. The van der Waals surface area contributed by atoms with E-state index in [9.17, 15) is 14.0 Å². The zero-order valence-electron chi connectivity index (χ0n) is 19.9. The summed E-state index contributed by atoms with van der Waals surface area (Å²) >= 11 is 12.0. The second-order valence-electron chi connectivity index (χ2n) is 9.89. The number of carbonyl (C=O) groups is 2. The molecule has 1 aromatic rings. The number of benzene rings is 1. The first-order valence-electron chi connectivity index (χ1n) is 11.3. The lowest BCUT2D eigenvalue weighted by Crippen LogP contribution is -2.50. The van der Waals surface area contributed by atoms with Crippen molar-refractivity contribution in [2.45, 2.75) is 51.6 Å². The predicted molar refractivity (Wildman–Crippen MR) is 135 cm³/mol. The molecular formula is C26H31Cl2FN2O3. The molecule has 2 aliphatic heterocycles. The minimum atomic E-state index is -1.13. The van der Waals surface area contributed by atoms with Gasteiger partial charge in [-0.25, -0.2) is 4.39 Å². The number of rotatable bonds is 7. The van der Waals surface area contributed by atoms with Crippen LogP contribution in [-0.4, -0.2) is 37.2 Å². The van der Waals surface area contributed by atoms with Gasteiger partial charge in [-0.05, 0) is 48.1 Å². The van der Waals surface area contributed by atoms with Gasteiger partial charge in [-0.1, -0.05) is 68.8 Å². The highest BCUT2D eigenvalue weighted by Crippen LogP contribution is 2.55. The minimum absolute atomic E-state index is 0.0365. The topological polar surface area (TPSA) is 67.4 Å². The van der Waals surface area contributed by atoms with Crippen LogP contribution in [-0.2, 0) is 19.7 Å². The Bertz CT molecular complexity index is 1050. The SMILES string of the molecule is C=C(/C=C\C=C(\Cl)CF)[C@H]1[C@H](C(=O)OCC)N[C@@H](CC(C)(C)C)[C@@]12C(=O)Nc1cc(Cl)ccc12. The summed E-state index contributed by atoms with van der Waals surface area (Å²) in [5.74, 6) is -1.34. The monoisotopic (exact) mass is 508 g/mol. The third-order valence-electron chi connectivity index (χ3n) is 6.28. The van der Waals surface area contributed by atoms with Crippen molar-refractivity contribution >= 4 is 40.8 Å². The van der Waals surface area contributed by atoms with Crippen LogP contribution in [0, 0.1) is 11.3 Å². The average Bonchev–Trinajstić information content (AvgIpc) is 3.22. The van der Waals surface area contributed by atoms with Crippen LogP contribution in [0.3, 0.4) is 0 Å². The van der Waals surface area contributed by atoms with E-state index in [2.05, 4.69) is 38.0 Å². The second kappa shape index (κ2) is 10.2. The largest absolute Gasteiger partial charge is 0.465 e. The zero-order chi connectivity index (χ0) is 25.3. The molecule has 4 atom stereocenters. The van der Waals surface area contributed by atoms with Crippen LogP contribution in [0.2, 0.25) is 5.02 Å². The lowest BCUT2D eigenvalue weighted by molar-refractivity contribution is -0.146. The van der Waals surface area contributed by atoms with Crippen molar-refractivity contribution in [3.05, 3.63) is 64.2 Å². The Kier molecular flexibility index (Phi) is 7.96. The smallest absolute Gasteiger partial charge is 0.323 e. The first kappa shape index (κ1) is 26.5. The van der Waals surface area contributed by atoms with Crippen molar-refractivity contribution in [3.63, 3.8) is 0 Å². The molecular weight excluding hydrogens is 478 g/mol. The Morgan fingerprint density at radius 3 is 2.68 bits per heavy atom. The molecule has 2 N–H and O–H groups in total. The van der Waals surface area contributed by atoms with Crippen molar-refractivity contribution < 1.29 is 18.7 Å². The van der Waals surface area contributed by atoms with Gasteiger partial charge in [-0.2, -0.15) is 0 Å². The van der Waals surface area contributed by atoms with Gasteiger partial charge in [0.15, 0.2) is 0 Å². The number of hydrogen-bond acceptors (Lipinski definition) is 4. The van der Waals surface area contributed by atoms with E-state index < -0.39 is 30.0 Å². The van der Waals surface area contributed by atoms with Gasteiger partial charge in [0, 0.05) is 27.7 Å². The van der Waals surface area contributed by atoms with Crippen molar-refractivity contribution in [2.75, 3.05) is 18.6 Å². The normalized spacial score (nSPS) is 26.7. The van der Waals surface area contributed by atoms with Gasteiger partial charge in [0.25, 0.3) is 0 Å². The molecule has 0 saturated carbocycles. The van der Waals surface area contributed by atoms with Crippen LogP contribution in [0.25, 0.3) is 0 Å². The number of carbonyl (C=O) groups excluding carboxylic acids is 2. The molecule has 8 heteroatoms. The molecule has 2 aliphatic rings. The van der Waals surface area contributed by atoms with Crippen LogP contribution in [0.1, 0.15) is 39.7 Å². The fraction of sp³-hybridized carbons (Fsp3) is 0.462. The molecule has 1 fully saturated rings. The number of amides is 1. The molecule has 1 aromatic carbocycles. The van der Waals surface area contributed by atoms with Crippen molar-refractivity contribution in [1.29, 1.82) is 0 Å². The Labute approximate surface area is 210 Å². The summed E-state index contributed by atoms with van der Waals surface area (Å²) in [6, 6.07) is 4.11. The maximum atomic E-state index is 13.8. The Balaban J connectivity index is 2.22. The fourth-order valence-electron chi connectivity index (χ4n) is 5.11. The van der Waals surface area contributed by atoms with E-state index in [0.717, 1.165) is 5.56 Å². The molecule has 3 rings (SSSR count). The zero-order valence-corrected chi connectivity index (χ0v) is 21.4. The Hall–Kier alpha value is -2.15. The summed E-state index contributed by atoms with van der Waals surface area (Å²) in [4.78, 5) is 27.0. The van der Waals surface area contributed by atoms with E-state index in [0.29, 0.717) is 22.7 Å². The van der Waals surface area contributed by atoms with Crippen LogP contribution in [0.5, 0.6) is 0 Å². The average molecular weight is 509 g/mol. The fourth-order valence-corrected chi connectivity index (χ4v) is 5.35. The molecule has 1 saturated heterocycles. The molecule has 0 bridgehead atoms. The molecule has 0 radical (unpaired) electrons. The molecule has 0 aromatic heterocycles. The van der Waals surface area contributed by atoms with E-state index in [1.807, 2.05) is 6.07 Å². The van der Waals surface area contributed by atoms with Gasteiger partial charge >= 0.3 is 5.97 Å². The summed E-state index contributed by atoms with van der Waals surface area (Å²) < 4.78 is 18.2. The van der Waals surface area contributed by atoms with E-state index in [4.69, 9.17) is 27.9 Å². The molecule has 34 heavy (non-hydrogen) atoms. The van der Waals surface area contributed by atoms with Gasteiger partial charge in [0.2, 0.25) is 5.91 Å². The molecule has 2 heterocycles. The number of alkyl halides is 1. The van der Waals surface area contributed by atoms with Crippen molar-refractivity contribution in [1.82, 2.24) is 5.32 Å². The summed E-state index contributed by atoms with van der Waals surface area (Å²) in [5.41, 5.74) is 0.624. The lowest BCUT2D eigenvalue weighted by Gasteiger charge is -2.37. The molecule has 1 amide bonds. The Morgan fingerprint density at radius 2 is 2.06 bits per heavy atom. The molecule has 5 nitrogen and oxygen atoms in total. The number of esters is 1. The van der Waals surface area contributed by atoms with Crippen molar-refractivity contribution in [2.24, 2.45) is 11.3 Å². The van der Waals surface area contributed by atoms with E-state index in [-0.39, 0.29) is 29.0 Å². The van der Waals surface area contributed by atoms with E-state index in [1.165, 1.54) is 6.08 Å². The highest BCUT2D eigenvalue weighted by Gasteiger charge is 2.66. The first-order valence-corrected chi connectivity index (χ1v) is 12.0. The quantitative estimate of drug-likeness (QED) is 0.366. The molecule has 1 spiro atoms. The number of ether oxygens (including phenoxy) is 1. The summed E-state index contributed by atoms with van der Waals surface area (Å²) in [6.07, 6.45) is 5.28. The lowest BCUT2D eigenvalue weighted by atomic mass is 9.62. The second-order valence-corrected chi connectivity index (χ2v) is 10.8. The van der Waals surface area contributed by atoms with Gasteiger partial charge in [-0.3, -0.25) is 14.9 Å². The molecule has 184 valence electrons. The van der Waals surface area contributed by atoms with E-state index >= 15 is 0 Å². The van der Waals surface area contributed by atoms with Gasteiger partial charge in [0.05, 0.1) is 6.61 Å². The summed E-state index contributed by atoms with van der Waals surface area (Å²) in [5, 5.41) is 6.95. The molecule has 0 unspecified atom stereocenters. The maximum absolute atomic E-state index is 13.8. The standard InChI is InChI=1S/C26H31Cl2FN2O3/c1-6-34-23(32)22-21(15(2)8-7-9-17(28)14-29)26(20(31-22)13-25(3,4)5)18-11-10-16(27)12-19(18)30-24(26)33/h7-12,20-22,31H,2,6,13-14H2,1,3-5H3,(H,30,33)/b8-7-,17-9+/t20-,21-,22+,26+/m0/s1. The number of fused-ring (bicyclic) bond motifs is 2. The number of halogens is 3.